The van der Waals surface area contributed by atoms with Gasteiger partial charge in [-0.15, -0.1) is 0 Å². The van der Waals surface area contributed by atoms with Crippen molar-refractivity contribution in [2.75, 3.05) is 0 Å². The Bertz CT molecular complexity index is 231. The van der Waals surface area contributed by atoms with Gasteiger partial charge in [-0.25, -0.2) is 0 Å². The maximum atomic E-state index is 10.4. The fraction of sp³-hybridized carbons (Fsp3) is 0.429. The van der Waals surface area contributed by atoms with Crippen molar-refractivity contribution in [3.05, 3.63) is 6.57 Å². The smallest absolute Gasteiger partial charge is 0.512 e. The summed E-state index contributed by atoms with van der Waals surface area (Å²) in [4.78, 5) is 31.2. The number of rotatable bonds is 3. The summed E-state index contributed by atoms with van der Waals surface area (Å²) in [6, 6.07) is 0. The van der Waals surface area contributed by atoms with Crippen LogP contribution in [0.5, 0.6) is 0 Å². The van der Waals surface area contributed by atoms with Crippen LogP contribution >= 0.6 is 0 Å². The van der Waals surface area contributed by atoms with Gasteiger partial charge in [-0.2, -0.15) is 0 Å². The fourth-order valence-corrected chi connectivity index (χ4v) is 0.479. The SMILES string of the molecule is CC(=O)OB(OC(C)=O)OC(C)=O.[C-]#N.[Na+]. The minimum absolute atomic E-state index is 0. The predicted molar refractivity (Wildman–Crippen MR) is 46.0 cm³/mol. The van der Waals surface area contributed by atoms with Crippen molar-refractivity contribution < 1.29 is 57.9 Å². The summed E-state index contributed by atoms with van der Waals surface area (Å²) in [6.07, 6.45) is 0. The fourth-order valence-electron chi connectivity index (χ4n) is 0.479. The van der Waals surface area contributed by atoms with Gasteiger partial charge in [-0.1, -0.05) is 0 Å². The molecule has 0 aliphatic rings. The second kappa shape index (κ2) is 12.0. The third-order valence-corrected chi connectivity index (χ3v) is 0.787. The molecular weight excluding hydrogens is 228 g/mol. The standard InChI is InChI=1S/C6H9BO6.CN.Na/c1-4(8)11-7(12-5(2)9)13-6(3)10;1-2;/h1-3H3;;/q;-1;+1. The summed E-state index contributed by atoms with van der Waals surface area (Å²) >= 11 is 0. The molecule has 0 spiro atoms. The van der Waals surface area contributed by atoms with Crippen LogP contribution in [-0.4, -0.2) is 25.2 Å². The monoisotopic (exact) mass is 237 g/mol. The molecule has 0 amide bonds. The molecule has 0 aromatic rings. The Balaban J connectivity index is -0.000000529. The van der Waals surface area contributed by atoms with Crippen LogP contribution < -0.4 is 29.6 Å². The van der Waals surface area contributed by atoms with Crippen LogP contribution in [0.3, 0.4) is 0 Å². The molecule has 0 aromatic carbocycles. The van der Waals surface area contributed by atoms with Gasteiger partial charge >= 0.3 is 36.9 Å². The predicted octanol–water partition coefficient (Wildman–Crippen LogP) is -3.24. The van der Waals surface area contributed by atoms with E-state index in [0.717, 1.165) is 20.8 Å². The summed E-state index contributed by atoms with van der Waals surface area (Å²) in [5, 5.41) is 6.25. The molecule has 0 fully saturated rings. The van der Waals surface area contributed by atoms with Crippen molar-refractivity contribution in [2.45, 2.75) is 20.8 Å². The van der Waals surface area contributed by atoms with E-state index >= 15 is 0 Å². The third kappa shape index (κ3) is 15.4. The number of hydrogen-bond acceptors (Lipinski definition) is 7. The Morgan fingerprint density at radius 1 is 0.875 bits per heavy atom. The molecule has 0 radical (unpaired) electrons. The Hall–Kier alpha value is -1.04. The van der Waals surface area contributed by atoms with Crippen LogP contribution in [-0.2, 0) is 28.3 Å². The molecule has 9 heteroatoms. The minimum atomic E-state index is -1.59. The van der Waals surface area contributed by atoms with Crippen LogP contribution in [0.1, 0.15) is 20.8 Å². The Kier molecular flexibility index (Phi) is 15.3. The van der Waals surface area contributed by atoms with Crippen molar-refractivity contribution >= 4 is 25.2 Å². The van der Waals surface area contributed by atoms with E-state index < -0.39 is 25.2 Å². The molecule has 0 heterocycles. The molecule has 0 atom stereocenters. The van der Waals surface area contributed by atoms with E-state index in [4.69, 9.17) is 11.8 Å². The van der Waals surface area contributed by atoms with Gasteiger partial charge in [0.25, 0.3) is 17.9 Å². The van der Waals surface area contributed by atoms with Gasteiger partial charge in [0.1, 0.15) is 0 Å². The Labute approximate surface area is 115 Å². The van der Waals surface area contributed by atoms with Crippen LogP contribution in [0.25, 0.3) is 0 Å². The zero-order valence-corrected chi connectivity index (χ0v) is 11.5. The molecule has 0 aromatic heterocycles. The van der Waals surface area contributed by atoms with Crippen LogP contribution in [0.15, 0.2) is 0 Å². The summed E-state index contributed by atoms with van der Waals surface area (Å²) in [5.74, 6) is -2.15. The van der Waals surface area contributed by atoms with E-state index in [1.807, 2.05) is 0 Å². The maximum absolute atomic E-state index is 10.4. The first-order valence-corrected chi connectivity index (χ1v) is 3.66. The zero-order valence-electron chi connectivity index (χ0n) is 9.47. The molecule has 0 aliphatic carbocycles. The molecule has 0 aliphatic heterocycles. The van der Waals surface area contributed by atoms with Gasteiger partial charge in [-0.05, 0) is 0 Å². The molecule has 0 unspecified atom stereocenters. The van der Waals surface area contributed by atoms with Crippen molar-refractivity contribution in [3.8, 4) is 0 Å². The van der Waals surface area contributed by atoms with Crippen molar-refractivity contribution in [1.82, 2.24) is 0 Å². The molecule has 16 heavy (non-hydrogen) atoms. The van der Waals surface area contributed by atoms with Crippen LogP contribution in [0.2, 0.25) is 0 Å². The summed E-state index contributed by atoms with van der Waals surface area (Å²) in [7, 11) is -1.59. The quantitative estimate of drug-likeness (QED) is 0.375. The van der Waals surface area contributed by atoms with E-state index in [0.29, 0.717) is 0 Å². The van der Waals surface area contributed by atoms with Crippen molar-refractivity contribution in [3.63, 3.8) is 0 Å². The van der Waals surface area contributed by atoms with Gasteiger partial charge in [0.2, 0.25) is 0 Å². The maximum Gasteiger partial charge on any atom is 1.00 e. The Morgan fingerprint density at radius 2 is 1.06 bits per heavy atom. The van der Waals surface area contributed by atoms with E-state index in [1.54, 1.807) is 0 Å². The first kappa shape index (κ1) is 20.4. The van der Waals surface area contributed by atoms with E-state index in [1.165, 1.54) is 0 Å². The molecule has 0 saturated heterocycles. The number of carbonyl (C=O) groups excluding carboxylic acids is 3. The summed E-state index contributed by atoms with van der Waals surface area (Å²) in [5.41, 5.74) is 0. The molecule has 82 valence electrons. The molecular formula is C7H9BNNaO6. The first-order chi connectivity index (χ1) is 6.91. The molecule has 0 N–H and O–H groups in total. The zero-order chi connectivity index (χ0) is 12.4. The summed E-state index contributed by atoms with van der Waals surface area (Å²) < 4.78 is 13.0. The first-order valence-electron chi connectivity index (χ1n) is 3.66. The van der Waals surface area contributed by atoms with Crippen molar-refractivity contribution in [1.29, 1.82) is 5.26 Å². The largest absolute Gasteiger partial charge is 1.00 e. The van der Waals surface area contributed by atoms with E-state index in [2.05, 4.69) is 14.0 Å². The van der Waals surface area contributed by atoms with E-state index in [9.17, 15) is 14.4 Å². The number of hydrogen-bond donors (Lipinski definition) is 0. The second-order valence-corrected chi connectivity index (χ2v) is 2.12. The van der Waals surface area contributed by atoms with Gasteiger partial charge in [0.05, 0.1) is 0 Å². The minimum Gasteiger partial charge on any atom is -0.512 e. The second-order valence-electron chi connectivity index (χ2n) is 2.12. The molecule has 7 nitrogen and oxygen atoms in total. The van der Waals surface area contributed by atoms with Gasteiger partial charge in [0, 0.05) is 20.8 Å². The molecule has 0 saturated carbocycles. The average molecular weight is 237 g/mol. The molecule has 0 rings (SSSR count). The van der Waals surface area contributed by atoms with Crippen molar-refractivity contribution in [2.24, 2.45) is 0 Å². The Morgan fingerprint density at radius 3 is 1.19 bits per heavy atom. The van der Waals surface area contributed by atoms with E-state index in [-0.39, 0.29) is 29.6 Å². The molecule has 0 bridgehead atoms. The normalized spacial score (nSPS) is 7.06. The van der Waals surface area contributed by atoms with Crippen LogP contribution in [0, 0.1) is 11.8 Å². The van der Waals surface area contributed by atoms with Gasteiger partial charge in [0.15, 0.2) is 0 Å². The third-order valence-electron chi connectivity index (χ3n) is 0.787. The van der Waals surface area contributed by atoms with Crippen LogP contribution in [0.4, 0.5) is 0 Å². The topological polar surface area (TPSA) is 103 Å². The van der Waals surface area contributed by atoms with Gasteiger partial charge in [-0.3, -0.25) is 14.4 Å². The van der Waals surface area contributed by atoms with Gasteiger partial charge < -0.3 is 25.8 Å². The number of nitrogens with zero attached hydrogens (tertiary/aromatic N) is 1. The summed E-state index contributed by atoms with van der Waals surface area (Å²) in [6.45, 7) is 8.04. The number of carbonyl (C=O) groups is 3. The average Bonchev–Trinajstić information content (AvgIpc) is 2.03.